The number of nitrogens with one attached hydrogen (secondary N) is 1. The van der Waals surface area contributed by atoms with Gasteiger partial charge in [0.25, 0.3) is 0 Å². The van der Waals surface area contributed by atoms with Gasteiger partial charge in [0.1, 0.15) is 0 Å². The second kappa shape index (κ2) is 8.38. The number of aryl methyl sites for hydroxylation is 2. The predicted octanol–water partition coefficient (Wildman–Crippen LogP) is 2.52. The Bertz CT molecular complexity index is 682. The number of imidazole rings is 1. The van der Waals surface area contributed by atoms with Crippen molar-refractivity contribution in [3.63, 3.8) is 0 Å². The maximum Gasteiger partial charge on any atom is 0.227 e. The molecule has 24 heavy (non-hydrogen) atoms. The first-order valence-corrected chi connectivity index (χ1v) is 8.03. The van der Waals surface area contributed by atoms with Crippen molar-refractivity contribution in [2.24, 2.45) is 0 Å². The quantitative estimate of drug-likeness (QED) is 0.755. The smallest absolute Gasteiger partial charge is 0.227 e. The Kier molecular flexibility index (Phi) is 6.23. The van der Waals surface area contributed by atoms with Crippen molar-refractivity contribution in [1.29, 1.82) is 0 Å². The number of carbonyl (C=O) groups excluding carboxylic acids is 1. The topological polar surface area (TPSA) is 65.4 Å². The minimum Gasteiger partial charge on any atom is -0.493 e. The molecule has 1 amide bonds. The van der Waals surface area contributed by atoms with Gasteiger partial charge in [0.05, 0.1) is 26.5 Å². The highest BCUT2D eigenvalue weighted by atomic mass is 16.5. The van der Waals surface area contributed by atoms with E-state index in [4.69, 9.17) is 9.47 Å². The maximum absolute atomic E-state index is 12.3. The Balaban J connectivity index is 1.86. The summed E-state index contributed by atoms with van der Waals surface area (Å²) in [5.74, 6) is 1.04. The summed E-state index contributed by atoms with van der Waals surface area (Å²) in [6.07, 6.45) is 4.50. The van der Waals surface area contributed by atoms with Gasteiger partial charge < -0.3 is 19.4 Å². The zero-order chi connectivity index (χ0) is 17.5. The SMILES string of the molecule is COc1ccc(C(C)C(=O)NCCCn2cncc2C)cc1OC. The van der Waals surface area contributed by atoms with Crippen LogP contribution in [0.25, 0.3) is 0 Å². The van der Waals surface area contributed by atoms with Crippen LogP contribution in [0.4, 0.5) is 0 Å². The molecule has 130 valence electrons. The van der Waals surface area contributed by atoms with E-state index in [-0.39, 0.29) is 11.8 Å². The summed E-state index contributed by atoms with van der Waals surface area (Å²) in [7, 11) is 3.18. The number of nitrogens with zero attached hydrogens (tertiary/aromatic N) is 2. The van der Waals surface area contributed by atoms with Gasteiger partial charge >= 0.3 is 0 Å². The highest BCUT2D eigenvalue weighted by Gasteiger charge is 2.17. The van der Waals surface area contributed by atoms with E-state index >= 15 is 0 Å². The molecule has 1 heterocycles. The fourth-order valence-corrected chi connectivity index (χ4v) is 2.51. The van der Waals surface area contributed by atoms with Crippen molar-refractivity contribution in [3.8, 4) is 11.5 Å². The molecule has 0 saturated carbocycles. The van der Waals surface area contributed by atoms with Gasteiger partial charge in [-0.1, -0.05) is 6.07 Å². The number of methoxy groups -OCH3 is 2. The molecule has 1 aromatic heterocycles. The number of carbonyl (C=O) groups is 1. The first kappa shape index (κ1) is 17.8. The van der Waals surface area contributed by atoms with Crippen LogP contribution < -0.4 is 14.8 Å². The largest absolute Gasteiger partial charge is 0.493 e. The van der Waals surface area contributed by atoms with E-state index in [1.807, 2.05) is 44.6 Å². The first-order chi connectivity index (χ1) is 11.6. The molecule has 0 aliphatic heterocycles. The molecule has 1 N–H and O–H groups in total. The predicted molar refractivity (Wildman–Crippen MR) is 92.6 cm³/mol. The molecular formula is C18H25N3O3. The molecule has 0 fully saturated rings. The summed E-state index contributed by atoms with van der Waals surface area (Å²) in [6, 6.07) is 5.55. The molecule has 0 spiro atoms. The summed E-state index contributed by atoms with van der Waals surface area (Å²) >= 11 is 0. The molecule has 1 atom stereocenters. The van der Waals surface area contributed by atoms with Crippen molar-refractivity contribution >= 4 is 5.91 Å². The van der Waals surface area contributed by atoms with Crippen LogP contribution in [0.15, 0.2) is 30.7 Å². The zero-order valence-corrected chi connectivity index (χ0v) is 14.7. The molecule has 2 aromatic rings. The average Bonchev–Trinajstić information content (AvgIpc) is 3.02. The maximum atomic E-state index is 12.3. The number of rotatable bonds is 8. The molecule has 0 aliphatic carbocycles. The lowest BCUT2D eigenvalue weighted by atomic mass is 10.00. The van der Waals surface area contributed by atoms with Gasteiger partial charge in [0, 0.05) is 25.0 Å². The van der Waals surface area contributed by atoms with Crippen LogP contribution in [0.5, 0.6) is 11.5 Å². The molecule has 6 nitrogen and oxygen atoms in total. The van der Waals surface area contributed by atoms with Gasteiger partial charge in [-0.05, 0) is 38.0 Å². The minimum absolute atomic E-state index is 0.00423. The standard InChI is InChI=1S/C18H25N3O3/c1-13-11-19-12-21(13)9-5-8-20-18(22)14(2)15-6-7-16(23-3)17(10-15)24-4/h6-7,10-12,14H,5,8-9H2,1-4H3,(H,20,22). The third-order valence-electron chi connectivity index (χ3n) is 4.10. The van der Waals surface area contributed by atoms with E-state index in [0.29, 0.717) is 18.0 Å². The van der Waals surface area contributed by atoms with E-state index in [2.05, 4.69) is 14.9 Å². The van der Waals surface area contributed by atoms with E-state index in [0.717, 1.165) is 24.2 Å². The van der Waals surface area contributed by atoms with E-state index in [9.17, 15) is 4.79 Å². The highest BCUT2D eigenvalue weighted by molar-refractivity contribution is 5.83. The van der Waals surface area contributed by atoms with Gasteiger partial charge in [-0.25, -0.2) is 4.98 Å². The summed E-state index contributed by atoms with van der Waals surface area (Å²) < 4.78 is 12.6. The Labute approximate surface area is 142 Å². The molecule has 6 heteroatoms. The van der Waals surface area contributed by atoms with Crippen molar-refractivity contribution in [3.05, 3.63) is 42.0 Å². The molecule has 1 aromatic carbocycles. The number of amides is 1. The molecule has 2 rings (SSSR count). The lowest BCUT2D eigenvalue weighted by molar-refractivity contribution is -0.122. The molecule has 0 saturated heterocycles. The van der Waals surface area contributed by atoms with Gasteiger partial charge in [0.15, 0.2) is 11.5 Å². The fraction of sp³-hybridized carbons (Fsp3) is 0.444. The minimum atomic E-state index is -0.250. The molecule has 0 aliphatic rings. The van der Waals surface area contributed by atoms with E-state index in [1.54, 1.807) is 14.2 Å². The van der Waals surface area contributed by atoms with Crippen LogP contribution in [-0.2, 0) is 11.3 Å². The molecule has 0 radical (unpaired) electrons. The second-order valence-corrected chi connectivity index (χ2v) is 5.71. The van der Waals surface area contributed by atoms with Crippen LogP contribution >= 0.6 is 0 Å². The second-order valence-electron chi connectivity index (χ2n) is 5.71. The van der Waals surface area contributed by atoms with Crippen molar-refractivity contribution in [2.45, 2.75) is 32.7 Å². The number of hydrogen-bond acceptors (Lipinski definition) is 4. The van der Waals surface area contributed by atoms with Gasteiger partial charge in [-0.2, -0.15) is 0 Å². The summed E-state index contributed by atoms with van der Waals surface area (Å²) in [4.78, 5) is 16.4. The third kappa shape index (κ3) is 4.28. The average molecular weight is 331 g/mol. The fourth-order valence-electron chi connectivity index (χ4n) is 2.51. The first-order valence-electron chi connectivity index (χ1n) is 8.03. The van der Waals surface area contributed by atoms with Crippen LogP contribution in [0.2, 0.25) is 0 Å². The highest BCUT2D eigenvalue weighted by Crippen LogP contribution is 2.30. The number of aromatic nitrogens is 2. The summed E-state index contributed by atoms with van der Waals surface area (Å²) in [6.45, 7) is 5.38. The molecule has 1 unspecified atom stereocenters. The van der Waals surface area contributed by atoms with Crippen molar-refractivity contribution < 1.29 is 14.3 Å². The van der Waals surface area contributed by atoms with Gasteiger partial charge in [-0.3, -0.25) is 4.79 Å². The van der Waals surface area contributed by atoms with Crippen molar-refractivity contribution in [2.75, 3.05) is 20.8 Å². The van der Waals surface area contributed by atoms with E-state index in [1.165, 1.54) is 0 Å². The normalized spacial score (nSPS) is 11.8. The van der Waals surface area contributed by atoms with Crippen LogP contribution in [0.1, 0.15) is 30.5 Å². The Morgan fingerprint density at radius 1 is 1.29 bits per heavy atom. The monoisotopic (exact) mass is 331 g/mol. The molecular weight excluding hydrogens is 306 g/mol. The Morgan fingerprint density at radius 2 is 2.04 bits per heavy atom. The zero-order valence-electron chi connectivity index (χ0n) is 14.7. The van der Waals surface area contributed by atoms with Crippen LogP contribution in [-0.4, -0.2) is 36.2 Å². The number of hydrogen-bond donors (Lipinski definition) is 1. The third-order valence-corrected chi connectivity index (χ3v) is 4.10. The van der Waals surface area contributed by atoms with Gasteiger partial charge in [0.2, 0.25) is 5.91 Å². The van der Waals surface area contributed by atoms with Gasteiger partial charge in [-0.15, -0.1) is 0 Å². The number of ether oxygens (including phenoxy) is 2. The Hall–Kier alpha value is -2.50. The van der Waals surface area contributed by atoms with Crippen LogP contribution in [0, 0.1) is 6.92 Å². The summed E-state index contributed by atoms with van der Waals surface area (Å²) in [5.41, 5.74) is 2.02. The summed E-state index contributed by atoms with van der Waals surface area (Å²) in [5, 5.41) is 2.98. The lowest BCUT2D eigenvalue weighted by Crippen LogP contribution is -2.29. The van der Waals surface area contributed by atoms with Crippen molar-refractivity contribution in [1.82, 2.24) is 14.9 Å². The lowest BCUT2D eigenvalue weighted by Gasteiger charge is -2.15. The Morgan fingerprint density at radius 3 is 2.67 bits per heavy atom. The van der Waals surface area contributed by atoms with Crippen LogP contribution in [0.3, 0.4) is 0 Å². The number of benzene rings is 1. The molecule has 0 bridgehead atoms. The van der Waals surface area contributed by atoms with E-state index < -0.39 is 0 Å².